The molecule has 0 radical (unpaired) electrons. The third kappa shape index (κ3) is 8.61. The maximum absolute atomic E-state index is 13.8. The van der Waals surface area contributed by atoms with E-state index in [-0.39, 0.29) is 35.3 Å². The smallest absolute Gasteiger partial charge is 0.250 e. The van der Waals surface area contributed by atoms with E-state index in [4.69, 9.17) is 14.5 Å². The first kappa shape index (κ1) is 34.5. The SMILES string of the molecule is Cc1ccccc1CN1CCOC(C(=O)N[C@@H](Cc2ccc(F)cc2)[C@H](O)CN[C@H]2CC3(CCC3)Oc3ncc(CC(C)(C)C)cc32)C1. The van der Waals surface area contributed by atoms with Crippen LogP contribution in [0.5, 0.6) is 5.88 Å². The zero-order valence-corrected chi connectivity index (χ0v) is 28.8. The lowest BCUT2D eigenvalue weighted by atomic mass is 9.73. The number of amides is 1. The second-order valence-corrected chi connectivity index (χ2v) is 15.3. The maximum atomic E-state index is 13.8. The predicted octanol–water partition coefficient (Wildman–Crippen LogP) is 5.44. The van der Waals surface area contributed by atoms with Gasteiger partial charge in [0.1, 0.15) is 17.5 Å². The summed E-state index contributed by atoms with van der Waals surface area (Å²) in [7, 11) is 0. The topological polar surface area (TPSA) is 96.0 Å². The first-order chi connectivity index (χ1) is 23.0. The summed E-state index contributed by atoms with van der Waals surface area (Å²) < 4.78 is 26.2. The molecule has 8 nitrogen and oxygen atoms in total. The molecule has 3 heterocycles. The Morgan fingerprint density at radius 2 is 1.92 bits per heavy atom. The highest BCUT2D eigenvalue weighted by molar-refractivity contribution is 5.81. The number of rotatable bonds is 11. The number of ether oxygens (including phenoxy) is 2. The second kappa shape index (κ2) is 14.6. The Kier molecular flexibility index (Phi) is 10.5. The third-order valence-electron chi connectivity index (χ3n) is 10.0. The number of carbonyl (C=O) groups excluding carboxylic acids is 1. The highest BCUT2D eigenvalue weighted by Gasteiger charge is 2.46. The van der Waals surface area contributed by atoms with E-state index in [2.05, 4.69) is 61.4 Å². The molecule has 9 heteroatoms. The summed E-state index contributed by atoms with van der Waals surface area (Å²) in [6, 6.07) is 16.0. The van der Waals surface area contributed by atoms with Crippen molar-refractivity contribution in [1.29, 1.82) is 0 Å². The molecule has 0 bridgehead atoms. The highest BCUT2D eigenvalue weighted by Crippen LogP contribution is 2.48. The number of hydrogen-bond donors (Lipinski definition) is 3. The average Bonchev–Trinajstić information content (AvgIpc) is 3.04. The molecule has 4 atom stereocenters. The maximum Gasteiger partial charge on any atom is 0.250 e. The number of aromatic nitrogens is 1. The molecule has 1 spiro atoms. The number of nitrogens with zero attached hydrogens (tertiary/aromatic N) is 2. The van der Waals surface area contributed by atoms with E-state index in [1.807, 2.05) is 18.3 Å². The quantitative estimate of drug-likeness (QED) is 0.253. The largest absolute Gasteiger partial charge is 0.471 e. The minimum absolute atomic E-state index is 0.0463. The molecule has 3 aromatic rings. The van der Waals surface area contributed by atoms with Gasteiger partial charge in [-0.1, -0.05) is 57.2 Å². The fourth-order valence-corrected chi connectivity index (χ4v) is 7.22. The zero-order valence-electron chi connectivity index (χ0n) is 28.8. The Morgan fingerprint density at radius 1 is 1.15 bits per heavy atom. The van der Waals surface area contributed by atoms with Gasteiger partial charge in [-0.2, -0.15) is 0 Å². The summed E-state index contributed by atoms with van der Waals surface area (Å²) >= 11 is 0. The van der Waals surface area contributed by atoms with Crippen LogP contribution in [0.15, 0.2) is 60.8 Å². The van der Waals surface area contributed by atoms with E-state index in [0.29, 0.717) is 25.5 Å². The number of carbonyl (C=O) groups is 1. The summed E-state index contributed by atoms with van der Waals surface area (Å²) in [6.45, 7) is 11.4. The molecule has 1 saturated heterocycles. The van der Waals surface area contributed by atoms with Crippen molar-refractivity contribution in [2.45, 2.75) is 103 Å². The van der Waals surface area contributed by atoms with Gasteiger partial charge in [0, 0.05) is 50.4 Å². The lowest BCUT2D eigenvalue weighted by Crippen LogP contribution is -2.56. The minimum atomic E-state index is -0.917. The Bertz CT molecular complexity index is 1550. The summed E-state index contributed by atoms with van der Waals surface area (Å²) in [5, 5.41) is 18.4. The number of aryl methyl sites for hydroxylation is 1. The average molecular weight is 659 g/mol. The van der Waals surface area contributed by atoms with E-state index >= 15 is 0 Å². The predicted molar refractivity (Wildman–Crippen MR) is 184 cm³/mol. The van der Waals surface area contributed by atoms with Gasteiger partial charge in [0.2, 0.25) is 5.88 Å². The van der Waals surface area contributed by atoms with Crippen LogP contribution in [0, 0.1) is 18.2 Å². The molecular formula is C39H51FN4O4. The summed E-state index contributed by atoms with van der Waals surface area (Å²) in [4.78, 5) is 20.7. The first-order valence-electron chi connectivity index (χ1n) is 17.5. The third-order valence-corrected chi connectivity index (χ3v) is 10.0. The van der Waals surface area contributed by atoms with Crippen LogP contribution in [0.4, 0.5) is 4.39 Å². The Balaban J connectivity index is 1.15. The highest BCUT2D eigenvalue weighted by atomic mass is 19.1. The number of pyridine rings is 1. The fourth-order valence-electron chi connectivity index (χ4n) is 7.22. The van der Waals surface area contributed by atoms with E-state index in [1.165, 1.54) is 23.3 Å². The van der Waals surface area contributed by atoms with Crippen molar-refractivity contribution in [2.24, 2.45) is 5.41 Å². The fraction of sp³-hybridized carbons (Fsp3) is 0.538. The summed E-state index contributed by atoms with van der Waals surface area (Å²) in [5.41, 5.74) is 5.35. The monoisotopic (exact) mass is 658 g/mol. The molecule has 48 heavy (non-hydrogen) atoms. The van der Waals surface area contributed by atoms with Crippen molar-refractivity contribution in [3.63, 3.8) is 0 Å². The molecule has 1 aliphatic carbocycles. The van der Waals surface area contributed by atoms with Crippen molar-refractivity contribution >= 4 is 5.91 Å². The van der Waals surface area contributed by atoms with Crippen LogP contribution in [0.25, 0.3) is 0 Å². The van der Waals surface area contributed by atoms with Gasteiger partial charge in [0.15, 0.2) is 0 Å². The van der Waals surface area contributed by atoms with Gasteiger partial charge < -0.3 is 25.2 Å². The van der Waals surface area contributed by atoms with Crippen molar-refractivity contribution in [2.75, 3.05) is 26.2 Å². The van der Waals surface area contributed by atoms with Gasteiger partial charge in [0.05, 0.1) is 18.8 Å². The van der Waals surface area contributed by atoms with Crippen molar-refractivity contribution in [1.82, 2.24) is 20.5 Å². The Hall–Kier alpha value is -3.37. The number of hydrogen-bond acceptors (Lipinski definition) is 7. The molecule has 3 aliphatic rings. The number of benzene rings is 2. The van der Waals surface area contributed by atoms with Gasteiger partial charge in [-0.25, -0.2) is 9.37 Å². The number of aliphatic hydroxyl groups excluding tert-OH is 1. The van der Waals surface area contributed by atoms with E-state index in [1.54, 1.807) is 12.1 Å². The van der Waals surface area contributed by atoms with Crippen LogP contribution in [-0.2, 0) is 28.9 Å². The van der Waals surface area contributed by atoms with Crippen LogP contribution in [0.1, 0.15) is 80.3 Å². The molecule has 2 aliphatic heterocycles. The number of fused-ring (bicyclic) bond motifs is 1. The molecule has 2 fully saturated rings. The molecule has 1 unspecified atom stereocenters. The van der Waals surface area contributed by atoms with Crippen molar-refractivity contribution in [3.8, 4) is 5.88 Å². The number of halogens is 1. The van der Waals surface area contributed by atoms with Gasteiger partial charge in [-0.3, -0.25) is 9.69 Å². The van der Waals surface area contributed by atoms with Crippen LogP contribution in [0.2, 0.25) is 0 Å². The number of aliphatic hydroxyl groups is 1. The summed E-state index contributed by atoms with van der Waals surface area (Å²) in [6.07, 6.45) is 5.50. The molecule has 258 valence electrons. The minimum Gasteiger partial charge on any atom is -0.471 e. The van der Waals surface area contributed by atoms with Crippen molar-refractivity contribution in [3.05, 3.63) is 94.4 Å². The van der Waals surface area contributed by atoms with Gasteiger partial charge in [-0.15, -0.1) is 0 Å². The van der Waals surface area contributed by atoms with Crippen LogP contribution in [0.3, 0.4) is 0 Å². The number of nitrogens with one attached hydrogen (secondary N) is 2. The second-order valence-electron chi connectivity index (χ2n) is 15.3. The molecule has 1 saturated carbocycles. The molecule has 2 aromatic carbocycles. The first-order valence-corrected chi connectivity index (χ1v) is 17.5. The molecule has 1 amide bonds. The van der Waals surface area contributed by atoms with Gasteiger partial charge >= 0.3 is 0 Å². The molecule has 3 N–H and O–H groups in total. The summed E-state index contributed by atoms with van der Waals surface area (Å²) in [5.74, 6) is 0.0939. The van der Waals surface area contributed by atoms with Crippen LogP contribution in [-0.4, -0.2) is 71.0 Å². The molecular weight excluding hydrogens is 607 g/mol. The van der Waals surface area contributed by atoms with Crippen LogP contribution < -0.4 is 15.4 Å². The lowest BCUT2D eigenvalue weighted by Gasteiger charge is -2.47. The lowest BCUT2D eigenvalue weighted by molar-refractivity contribution is -0.140. The Morgan fingerprint density at radius 3 is 2.62 bits per heavy atom. The standard InChI is InChI=1S/C39H51FN4O4/c1-26-8-5-6-9-29(26)24-44-16-17-47-35(25-44)36(46)43-32(19-27-10-12-30(40)13-11-27)34(45)23-41-33-21-39(14-7-15-39)48-37-31(33)18-28(22-42-37)20-38(2,3)4/h5-6,8-13,18,22,32-35,41,45H,7,14-17,19-21,23-25H2,1-4H3,(H,43,46)/t32-,33-,34+,35?/m0/s1. The molecule has 1 aromatic heterocycles. The van der Waals surface area contributed by atoms with Gasteiger partial charge in [-0.05, 0) is 84.9 Å². The Labute approximate surface area is 284 Å². The van der Waals surface area contributed by atoms with E-state index in [9.17, 15) is 14.3 Å². The molecule has 6 rings (SSSR count). The number of morpholine rings is 1. The van der Waals surface area contributed by atoms with E-state index in [0.717, 1.165) is 61.9 Å². The van der Waals surface area contributed by atoms with Crippen molar-refractivity contribution < 1.29 is 23.8 Å². The van der Waals surface area contributed by atoms with Gasteiger partial charge in [0.25, 0.3) is 5.91 Å². The normalized spacial score (nSPS) is 21.9. The van der Waals surface area contributed by atoms with Crippen LogP contribution >= 0.6 is 0 Å². The van der Waals surface area contributed by atoms with E-state index < -0.39 is 18.2 Å². The zero-order chi connectivity index (χ0) is 33.9.